The summed E-state index contributed by atoms with van der Waals surface area (Å²) in [5.74, 6) is 0.573. The highest BCUT2D eigenvalue weighted by molar-refractivity contribution is 6.16. The van der Waals surface area contributed by atoms with E-state index in [0.29, 0.717) is 22.5 Å². The number of ketones is 1. The zero-order valence-electron chi connectivity index (χ0n) is 10.8. The highest BCUT2D eigenvalue weighted by Gasteiger charge is 2.17. The van der Waals surface area contributed by atoms with Crippen LogP contribution in [0.2, 0.25) is 0 Å². The summed E-state index contributed by atoms with van der Waals surface area (Å²) in [6, 6.07) is 1.77. The van der Waals surface area contributed by atoms with E-state index in [2.05, 4.69) is 16.5 Å². The van der Waals surface area contributed by atoms with Crippen LogP contribution in [-0.4, -0.2) is 21.9 Å². The van der Waals surface area contributed by atoms with Crippen molar-refractivity contribution in [2.45, 2.75) is 26.9 Å². The van der Waals surface area contributed by atoms with Gasteiger partial charge < -0.3 is 9.72 Å². The number of pyridine rings is 1. The molecule has 0 atom stereocenters. The van der Waals surface area contributed by atoms with Crippen LogP contribution in [0.1, 0.15) is 31.1 Å². The van der Waals surface area contributed by atoms with Crippen molar-refractivity contribution in [1.29, 1.82) is 0 Å². The van der Waals surface area contributed by atoms with E-state index >= 15 is 0 Å². The van der Waals surface area contributed by atoms with Crippen molar-refractivity contribution in [2.75, 3.05) is 0 Å². The second-order valence-electron chi connectivity index (χ2n) is 4.51. The van der Waals surface area contributed by atoms with E-state index in [1.165, 1.54) is 0 Å². The number of ether oxygens (including phenoxy) is 1. The number of aromatic nitrogens is 2. The second-order valence-corrected chi connectivity index (χ2v) is 4.51. The molecule has 18 heavy (non-hydrogen) atoms. The zero-order chi connectivity index (χ0) is 13.3. The fourth-order valence-corrected chi connectivity index (χ4v) is 1.79. The van der Waals surface area contributed by atoms with E-state index in [9.17, 15) is 4.79 Å². The van der Waals surface area contributed by atoms with Crippen molar-refractivity contribution in [2.24, 2.45) is 0 Å². The summed E-state index contributed by atoms with van der Waals surface area (Å²) < 4.78 is 5.71. The highest BCUT2D eigenvalue weighted by Crippen LogP contribution is 2.29. The van der Waals surface area contributed by atoms with E-state index in [1.807, 2.05) is 13.8 Å². The van der Waals surface area contributed by atoms with Gasteiger partial charge in [-0.15, -0.1) is 0 Å². The Labute approximate surface area is 106 Å². The molecule has 0 radical (unpaired) electrons. The Bertz CT molecular complexity index is 611. The van der Waals surface area contributed by atoms with Gasteiger partial charge in [-0.25, -0.2) is 4.98 Å². The average molecular weight is 244 g/mol. The minimum atomic E-state index is -0.0946. The number of rotatable bonds is 4. The van der Waals surface area contributed by atoms with Crippen molar-refractivity contribution in [3.05, 3.63) is 36.2 Å². The average Bonchev–Trinajstić information content (AvgIpc) is 2.72. The molecule has 4 heteroatoms. The lowest BCUT2D eigenvalue weighted by molar-refractivity contribution is 0.103. The first-order valence-electron chi connectivity index (χ1n) is 5.83. The van der Waals surface area contributed by atoms with Crippen molar-refractivity contribution < 1.29 is 9.53 Å². The summed E-state index contributed by atoms with van der Waals surface area (Å²) in [6.07, 6.45) is 3.35. The van der Waals surface area contributed by atoms with Gasteiger partial charge in [0.15, 0.2) is 5.78 Å². The van der Waals surface area contributed by atoms with Gasteiger partial charge in [-0.05, 0) is 32.4 Å². The Balaban J connectivity index is 2.62. The predicted molar refractivity (Wildman–Crippen MR) is 71.0 cm³/mol. The second kappa shape index (κ2) is 4.64. The number of hydrogen-bond donors (Lipinski definition) is 1. The SMILES string of the molecule is C=C(C)C(=O)c1c[nH]c2nccc(OC(C)C)c12. The number of Topliss-reactive ketones (excluding diaryl/α,β-unsaturated/α-hetero) is 1. The largest absolute Gasteiger partial charge is 0.490 e. The number of allylic oxidation sites excluding steroid dienone is 1. The normalized spacial score (nSPS) is 10.9. The molecular weight excluding hydrogens is 228 g/mol. The number of carbonyl (C=O) groups is 1. The molecule has 0 bridgehead atoms. The smallest absolute Gasteiger partial charge is 0.190 e. The number of carbonyl (C=O) groups excluding carboxylic acids is 1. The minimum Gasteiger partial charge on any atom is -0.490 e. The third kappa shape index (κ3) is 2.14. The van der Waals surface area contributed by atoms with Crippen LogP contribution in [0.15, 0.2) is 30.6 Å². The van der Waals surface area contributed by atoms with Gasteiger partial charge in [0.25, 0.3) is 0 Å². The van der Waals surface area contributed by atoms with Gasteiger partial charge in [-0.1, -0.05) is 6.58 Å². The van der Waals surface area contributed by atoms with Gasteiger partial charge in [-0.3, -0.25) is 4.79 Å². The van der Waals surface area contributed by atoms with Crippen LogP contribution < -0.4 is 4.74 Å². The fraction of sp³-hybridized carbons (Fsp3) is 0.286. The van der Waals surface area contributed by atoms with E-state index in [0.717, 1.165) is 5.39 Å². The minimum absolute atomic E-state index is 0.0401. The van der Waals surface area contributed by atoms with E-state index < -0.39 is 0 Å². The van der Waals surface area contributed by atoms with Crippen LogP contribution in [0.4, 0.5) is 0 Å². The van der Waals surface area contributed by atoms with Gasteiger partial charge in [0.2, 0.25) is 0 Å². The summed E-state index contributed by atoms with van der Waals surface area (Å²) in [5, 5.41) is 0.721. The first-order valence-corrected chi connectivity index (χ1v) is 5.83. The first kappa shape index (κ1) is 12.4. The molecule has 1 N–H and O–H groups in total. The molecule has 0 spiro atoms. The summed E-state index contributed by atoms with van der Waals surface area (Å²) >= 11 is 0. The number of H-pyrrole nitrogens is 1. The standard InChI is InChI=1S/C14H16N2O2/c1-8(2)13(17)10-7-16-14-12(10)11(5-6-15-14)18-9(3)4/h5-7,9H,1H2,2-4H3,(H,15,16). The molecule has 0 fully saturated rings. The van der Waals surface area contributed by atoms with Crippen LogP contribution >= 0.6 is 0 Å². The van der Waals surface area contributed by atoms with E-state index in [4.69, 9.17) is 4.74 Å². The van der Waals surface area contributed by atoms with Crippen molar-refractivity contribution >= 4 is 16.8 Å². The Morgan fingerprint density at radius 1 is 1.50 bits per heavy atom. The van der Waals surface area contributed by atoms with Gasteiger partial charge in [-0.2, -0.15) is 0 Å². The molecule has 0 aromatic carbocycles. The van der Waals surface area contributed by atoms with Crippen LogP contribution in [0, 0.1) is 0 Å². The molecule has 2 aromatic heterocycles. The molecule has 0 aliphatic rings. The maximum atomic E-state index is 12.1. The maximum absolute atomic E-state index is 12.1. The summed E-state index contributed by atoms with van der Waals surface area (Å²) in [4.78, 5) is 19.2. The third-order valence-electron chi connectivity index (χ3n) is 2.53. The van der Waals surface area contributed by atoms with E-state index in [1.54, 1.807) is 25.4 Å². The lowest BCUT2D eigenvalue weighted by Crippen LogP contribution is -2.07. The van der Waals surface area contributed by atoms with Crippen molar-refractivity contribution in [3.63, 3.8) is 0 Å². The molecule has 0 aliphatic carbocycles. The fourth-order valence-electron chi connectivity index (χ4n) is 1.79. The molecule has 2 aromatic rings. The van der Waals surface area contributed by atoms with Crippen LogP contribution in [0.5, 0.6) is 5.75 Å². The van der Waals surface area contributed by atoms with Gasteiger partial charge in [0.05, 0.1) is 17.1 Å². The quantitative estimate of drug-likeness (QED) is 0.664. The Morgan fingerprint density at radius 2 is 2.22 bits per heavy atom. The molecule has 0 unspecified atom stereocenters. The van der Waals surface area contributed by atoms with E-state index in [-0.39, 0.29) is 11.9 Å². The molecular formula is C14H16N2O2. The number of aromatic amines is 1. The Morgan fingerprint density at radius 3 is 2.83 bits per heavy atom. The van der Waals surface area contributed by atoms with Gasteiger partial charge in [0, 0.05) is 12.4 Å². The molecule has 0 saturated carbocycles. The van der Waals surface area contributed by atoms with Gasteiger partial charge in [0.1, 0.15) is 11.4 Å². The summed E-state index contributed by atoms with van der Waals surface area (Å²) in [5.41, 5.74) is 1.70. The monoisotopic (exact) mass is 244 g/mol. The molecule has 2 heterocycles. The van der Waals surface area contributed by atoms with Crippen LogP contribution in [0.3, 0.4) is 0 Å². The maximum Gasteiger partial charge on any atom is 0.190 e. The number of fused-ring (bicyclic) bond motifs is 1. The van der Waals surface area contributed by atoms with Crippen LogP contribution in [0.25, 0.3) is 11.0 Å². The number of hydrogen-bond acceptors (Lipinski definition) is 3. The molecule has 0 saturated heterocycles. The molecule has 4 nitrogen and oxygen atoms in total. The molecule has 0 amide bonds. The van der Waals surface area contributed by atoms with Gasteiger partial charge >= 0.3 is 0 Å². The molecule has 0 aliphatic heterocycles. The third-order valence-corrected chi connectivity index (χ3v) is 2.53. The summed E-state index contributed by atoms with van der Waals surface area (Å²) in [7, 11) is 0. The predicted octanol–water partition coefficient (Wildman–Crippen LogP) is 3.11. The van der Waals surface area contributed by atoms with Crippen molar-refractivity contribution in [3.8, 4) is 5.75 Å². The number of nitrogens with zero attached hydrogens (tertiary/aromatic N) is 1. The first-order chi connectivity index (χ1) is 8.50. The number of nitrogens with one attached hydrogen (secondary N) is 1. The topological polar surface area (TPSA) is 55.0 Å². The lowest BCUT2D eigenvalue weighted by Gasteiger charge is -2.11. The Kier molecular flexibility index (Phi) is 3.19. The summed E-state index contributed by atoms with van der Waals surface area (Å²) in [6.45, 7) is 9.27. The lowest BCUT2D eigenvalue weighted by atomic mass is 10.1. The zero-order valence-corrected chi connectivity index (χ0v) is 10.8. The van der Waals surface area contributed by atoms with Crippen LogP contribution in [-0.2, 0) is 0 Å². The Hall–Kier alpha value is -2.10. The molecule has 2 rings (SSSR count). The molecule has 94 valence electrons. The van der Waals surface area contributed by atoms with Crippen molar-refractivity contribution in [1.82, 2.24) is 9.97 Å². The highest BCUT2D eigenvalue weighted by atomic mass is 16.5.